The highest BCUT2D eigenvalue weighted by molar-refractivity contribution is 5.56. The fraction of sp³-hybridized carbons (Fsp3) is 0.375. The van der Waals surface area contributed by atoms with Gasteiger partial charge in [-0.1, -0.05) is 24.3 Å². The average Bonchev–Trinajstić information content (AvgIpc) is 3.25. The van der Waals surface area contributed by atoms with Gasteiger partial charge in [0.05, 0.1) is 13.7 Å². The van der Waals surface area contributed by atoms with Gasteiger partial charge in [0.15, 0.2) is 0 Å². The lowest BCUT2D eigenvalue weighted by atomic mass is 10.0. The smallest absolute Gasteiger partial charge is 0.142 e. The number of aliphatic hydroxyl groups is 2. The van der Waals surface area contributed by atoms with Crippen molar-refractivity contribution in [2.75, 3.05) is 38.2 Å². The lowest BCUT2D eigenvalue weighted by Crippen LogP contribution is -2.46. The first kappa shape index (κ1) is 21.4. The number of benzene rings is 2. The van der Waals surface area contributed by atoms with Gasteiger partial charge < -0.3 is 24.4 Å². The van der Waals surface area contributed by atoms with Gasteiger partial charge in [0.2, 0.25) is 0 Å². The molecule has 2 heterocycles. The number of para-hydroxylation sites is 1. The van der Waals surface area contributed by atoms with Crippen LogP contribution in [0, 0.1) is 0 Å². The summed E-state index contributed by atoms with van der Waals surface area (Å²) in [7, 11) is 3.52. The topological polar surface area (TPSA) is 74.0 Å². The number of aryl methyl sites for hydroxylation is 1. The maximum absolute atomic E-state index is 11.0. The van der Waals surface area contributed by atoms with Crippen LogP contribution in [0.2, 0.25) is 0 Å². The molecule has 1 unspecified atom stereocenters. The SMILES string of the molecule is COc1ccc(CN2CCN(c3ccccc3C(O)c3nccn3C)CC2)cc1CO. The van der Waals surface area contributed by atoms with Gasteiger partial charge in [0.25, 0.3) is 0 Å². The summed E-state index contributed by atoms with van der Waals surface area (Å²) >= 11 is 0. The first-order chi connectivity index (χ1) is 15.1. The van der Waals surface area contributed by atoms with Gasteiger partial charge in [0, 0.05) is 69.0 Å². The molecule has 2 aromatic carbocycles. The predicted octanol–water partition coefficient (Wildman–Crippen LogP) is 2.32. The quantitative estimate of drug-likeness (QED) is 0.609. The highest BCUT2D eigenvalue weighted by Crippen LogP contribution is 2.31. The number of hydrogen-bond acceptors (Lipinski definition) is 6. The Morgan fingerprint density at radius 2 is 1.87 bits per heavy atom. The molecule has 0 saturated carbocycles. The second-order valence-electron chi connectivity index (χ2n) is 7.93. The van der Waals surface area contributed by atoms with E-state index in [2.05, 4.69) is 26.9 Å². The average molecular weight is 423 g/mol. The van der Waals surface area contributed by atoms with E-state index < -0.39 is 6.10 Å². The zero-order chi connectivity index (χ0) is 21.8. The molecule has 164 valence electrons. The second-order valence-corrected chi connectivity index (χ2v) is 7.93. The molecule has 0 aliphatic carbocycles. The van der Waals surface area contributed by atoms with E-state index in [0.717, 1.165) is 55.3 Å². The van der Waals surface area contributed by atoms with Crippen molar-refractivity contribution in [3.05, 3.63) is 77.4 Å². The van der Waals surface area contributed by atoms with Crippen LogP contribution in [-0.2, 0) is 20.2 Å². The van der Waals surface area contributed by atoms with E-state index in [4.69, 9.17) is 4.74 Å². The van der Waals surface area contributed by atoms with Gasteiger partial charge in [-0.3, -0.25) is 4.90 Å². The minimum Gasteiger partial charge on any atom is -0.496 e. The Morgan fingerprint density at radius 1 is 1.10 bits per heavy atom. The van der Waals surface area contributed by atoms with Crippen LogP contribution in [0.1, 0.15) is 28.6 Å². The molecule has 3 aromatic rings. The van der Waals surface area contributed by atoms with Crippen LogP contribution < -0.4 is 9.64 Å². The van der Waals surface area contributed by atoms with Gasteiger partial charge in [-0.05, 0) is 23.8 Å². The van der Waals surface area contributed by atoms with Crippen LogP contribution in [0.15, 0.2) is 54.9 Å². The molecule has 0 radical (unpaired) electrons. The highest BCUT2D eigenvalue weighted by atomic mass is 16.5. The van der Waals surface area contributed by atoms with Crippen molar-refractivity contribution in [2.45, 2.75) is 19.3 Å². The number of imidazole rings is 1. The van der Waals surface area contributed by atoms with Gasteiger partial charge in [0.1, 0.15) is 17.7 Å². The first-order valence-corrected chi connectivity index (χ1v) is 10.6. The maximum atomic E-state index is 11.0. The van der Waals surface area contributed by atoms with E-state index in [-0.39, 0.29) is 6.61 Å². The van der Waals surface area contributed by atoms with Gasteiger partial charge in [-0.2, -0.15) is 0 Å². The highest BCUT2D eigenvalue weighted by Gasteiger charge is 2.24. The Hall–Kier alpha value is -2.87. The van der Waals surface area contributed by atoms with Crippen LogP contribution in [0.3, 0.4) is 0 Å². The van der Waals surface area contributed by atoms with Crippen LogP contribution in [-0.4, -0.2) is 58.0 Å². The zero-order valence-corrected chi connectivity index (χ0v) is 18.1. The van der Waals surface area contributed by atoms with E-state index in [0.29, 0.717) is 5.82 Å². The minimum atomic E-state index is -0.759. The molecule has 1 aliphatic heterocycles. The van der Waals surface area contributed by atoms with Crippen LogP contribution in [0.4, 0.5) is 5.69 Å². The van der Waals surface area contributed by atoms with E-state index >= 15 is 0 Å². The van der Waals surface area contributed by atoms with Crippen LogP contribution in [0.5, 0.6) is 5.75 Å². The molecular formula is C24H30N4O3. The van der Waals surface area contributed by atoms with Gasteiger partial charge in [-0.25, -0.2) is 4.98 Å². The summed E-state index contributed by atoms with van der Waals surface area (Å²) in [4.78, 5) is 9.08. The summed E-state index contributed by atoms with van der Waals surface area (Å²) in [6, 6.07) is 14.0. The summed E-state index contributed by atoms with van der Waals surface area (Å²) in [5, 5.41) is 20.5. The monoisotopic (exact) mass is 422 g/mol. The lowest BCUT2D eigenvalue weighted by molar-refractivity contribution is 0.205. The molecule has 0 bridgehead atoms. The van der Waals surface area contributed by atoms with Crippen LogP contribution >= 0.6 is 0 Å². The molecule has 1 atom stereocenters. The molecule has 7 heteroatoms. The molecule has 0 amide bonds. The largest absolute Gasteiger partial charge is 0.496 e. The van der Waals surface area contributed by atoms with E-state index in [1.54, 1.807) is 13.3 Å². The minimum absolute atomic E-state index is 0.0279. The third-order valence-corrected chi connectivity index (χ3v) is 5.97. The number of aliphatic hydroxyl groups excluding tert-OH is 2. The van der Waals surface area contributed by atoms with Crippen LogP contribution in [0.25, 0.3) is 0 Å². The van der Waals surface area contributed by atoms with Crippen molar-refractivity contribution >= 4 is 5.69 Å². The molecule has 7 nitrogen and oxygen atoms in total. The fourth-order valence-corrected chi connectivity index (χ4v) is 4.25. The zero-order valence-electron chi connectivity index (χ0n) is 18.1. The van der Waals surface area contributed by atoms with Crippen molar-refractivity contribution in [2.24, 2.45) is 7.05 Å². The number of aromatic nitrogens is 2. The molecule has 1 saturated heterocycles. The summed E-state index contributed by atoms with van der Waals surface area (Å²) in [6.07, 6.45) is 2.80. The molecule has 1 aromatic heterocycles. The Kier molecular flexibility index (Phi) is 6.56. The van der Waals surface area contributed by atoms with Crippen molar-refractivity contribution in [1.82, 2.24) is 14.5 Å². The van der Waals surface area contributed by atoms with Crippen molar-refractivity contribution in [3.63, 3.8) is 0 Å². The second kappa shape index (κ2) is 9.51. The summed E-state index contributed by atoms with van der Waals surface area (Å²) < 4.78 is 7.16. The summed E-state index contributed by atoms with van der Waals surface area (Å²) in [5.41, 5.74) is 3.93. The molecule has 4 rings (SSSR count). The third-order valence-electron chi connectivity index (χ3n) is 5.97. The van der Waals surface area contributed by atoms with E-state index in [9.17, 15) is 10.2 Å². The summed E-state index contributed by atoms with van der Waals surface area (Å²) in [6.45, 7) is 4.42. The predicted molar refractivity (Wildman–Crippen MR) is 120 cm³/mol. The molecule has 31 heavy (non-hydrogen) atoms. The lowest BCUT2D eigenvalue weighted by Gasteiger charge is -2.37. The Balaban J connectivity index is 1.43. The van der Waals surface area contributed by atoms with Crippen molar-refractivity contribution in [1.29, 1.82) is 0 Å². The number of methoxy groups -OCH3 is 1. The van der Waals surface area contributed by atoms with Gasteiger partial charge >= 0.3 is 0 Å². The number of anilines is 1. The summed E-state index contributed by atoms with van der Waals surface area (Å²) in [5.74, 6) is 1.37. The van der Waals surface area contributed by atoms with Crippen molar-refractivity contribution in [3.8, 4) is 5.75 Å². The normalized spacial score (nSPS) is 15.8. The van der Waals surface area contributed by atoms with E-state index in [1.165, 1.54) is 5.56 Å². The molecule has 1 fully saturated rings. The Bertz CT molecular complexity index is 1010. The van der Waals surface area contributed by atoms with Gasteiger partial charge in [-0.15, -0.1) is 0 Å². The first-order valence-electron chi connectivity index (χ1n) is 10.6. The number of nitrogens with zero attached hydrogens (tertiary/aromatic N) is 4. The van der Waals surface area contributed by atoms with Crippen molar-refractivity contribution < 1.29 is 14.9 Å². The molecule has 1 aliphatic rings. The number of ether oxygens (including phenoxy) is 1. The molecule has 2 N–H and O–H groups in total. The fourth-order valence-electron chi connectivity index (χ4n) is 4.25. The maximum Gasteiger partial charge on any atom is 0.142 e. The Labute approximate surface area is 183 Å². The number of piperazine rings is 1. The number of hydrogen-bond donors (Lipinski definition) is 2. The molecular weight excluding hydrogens is 392 g/mol. The Morgan fingerprint density at radius 3 is 2.55 bits per heavy atom. The van der Waals surface area contributed by atoms with E-state index in [1.807, 2.05) is 48.1 Å². The number of rotatable bonds is 7. The standard InChI is InChI=1S/C24H30N4O3/c1-26-10-9-25-24(26)23(30)20-5-3-4-6-21(20)28-13-11-27(12-14-28)16-18-7-8-22(31-2)19(15-18)17-29/h3-10,15,23,29-30H,11-14,16-17H2,1-2H3. The molecule has 0 spiro atoms. The third kappa shape index (κ3) is 4.58.